The predicted molar refractivity (Wildman–Crippen MR) is 285 cm³/mol. The van der Waals surface area contributed by atoms with Crippen molar-refractivity contribution in [3.63, 3.8) is 0 Å². The van der Waals surface area contributed by atoms with Crippen molar-refractivity contribution in [3.05, 3.63) is 253 Å². The van der Waals surface area contributed by atoms with Crippen LogP contribution in [0.15, 0.2) is 240 Å². The summed E-state index contributed by atoms with van der Waals surface area (Å²) in [7, 11) is 0. The SMILES string of the molecule is c1ccc2c(c1)Sc1cc(N(c3ccc4c(c3)c3ccccc3n4-c3cccc4sc5ccccc5c34)c3cccc4ccccc34)ccc1C21c2ccccc2-c2cccc3cccc1c23. The largest absolute Gasteiger partial charge is 0.310 e. The van der Waals surface area contributed by atoms with Crippen molar-refractivity contribution in [2.45, 2.75) is 15.2 Å². The van der Waals surface area contributed by atoms with Crippen molar-refractivity contribution < 1.29 is 0 Å². The molecule has 2 aliphatic rings. The van der Waals surface area contributed by atoms with Crippen LogP contribution >= 0.6 is 23.1 Å². The van der Waals surface area contributed by atoms with Gasteiger partial charge in [-0.15, -0.1) is 11.3 Å². The van der Waals surface area contributed by atoms with Crippen molar-refractivity contribution in [1.29, 1.82) is 0 Å². The van der Waals surface area contributed by atoms with Crippen LogP contribution in [-0.2, 0) is 5.41 Å². The molecule has 1 spiro atoms. The van der Waals surface area contributed by atoms with Gasteiger partial charge in [0.25, 0.3) is 0 Å². The van der Waals surface area contributed by atoms with Crippen LogP contribution in [0.25, 0.3) is 80.3 Å². The maximum absolute atomic E-state index is 2.50. The summed E-state index contributed by atoms with van der Waals surface area (Å²) in [6.07, 6.45) is 0. The Morgan fingerprint density at radius 2 is 1.00 bits per heavy atom. The van der Waals surface area contributed by atoms with Crippen molar-refractivity contribution >= 4 is 104 Å². The molecular formula is C63H38N2S2. The van der Waals surface area contributed by atoms with Crippen molar-refractivity contribution in [3.8, 4) is 16.8 Å². The number of aromatic nitrogens is 1. The molecule has 0 bridgehead atoms. The summed E-state index contributed by atoms with van der Waals surface area (Å²) in [5.41, 5.74) is 14.4. The average Bonchev–Trinajstić information content (AvgIpc) is 3.94. The number of hydrogen-bond donors (Lipinski definition) is 0. The molecule has 1 atom stereocenters. The molecule has 0 radical (unpaired) electrons. The molecule has 1 aliphatic carbocycles. The number of thiophene rings is 1. The second-order valence-electron chi connectivity index (χ2n) is 17.9. The standard InChI is InChI=1S/C63H38N2S2/c1-2-19-43-39(15-1)16-13-28-53(43)64(41-34-36-55-48(37-41)45-21-4-8-27-54(45)65(55)56-29-14-32-59-62(56)47-22-5-9-30-57(47)66-59)42-33-35-51-60(38-42)67-58-31-10-7-25-50(58)63(51)49-24-6-3-20-44(49)46-23-11-17-40-18-12-26-52(63)61(40)46/h1-38H. The summed E-state index contributed by atoms with van der Waals surface area (Å²) in [6.45, 7) is 0. The fourth-order valence-corrected chi connectivity index (χ4v) is 14.3. The van der Waals surface area contributed by atoms with Gasteiger partial charge in [0.1, 0.15) is 0 Å². The first-order valence-electron chi connectivity index (χ1n) is 23.0. The van der Waals surface area contributed by atoms with Crippen LogP contribution in [0.4, 0.5) is 17.1 Å². The third-order valence-corrected chi connectivity index (χ3v) is 16.9. The lowest BCUT2D eigenvalue weighted by Gasteiger charge is -2.46. The number of benzene rings is 11. The molecule has 0 amide bonds. The molecule has 0 saturated carbocycles. The fourth-order valence-electron chi connectivity index (χ4n) is 12.0. The van der Waals surface area contributed by atoms with Crippen LogP contribution in [-0.4, -0.2) is 4.57 Å². The maximum Gasteiger partial charge on any atom is 0.0735 e. The van der Waals surface area contributed by atoms with Crippen molar-refractivity contribution in [1.82, 2.24) is 4.57 Å². The summed E-state index contributed by atoms with van der Waals surface area (Å²) in [5, 5.41) is 10.1. The maximum atomic E-state index is 2.50. The van der Waals surface area contributed by atoms with Gasteiger partial charge in [0.2, 0.25) is 0 Å². The minimum Gasteiger partial charge on any atom is -0.310 e. The zero-order chi connectivity index (χ0) is 43.8. The highest BCUT2D eigenvalue weighted by Crippen LogP contribution is 2.62. The van der Waals surface area contributed by atoms with E-state index in [0.29, 0.717) is 0 Å². The van der Waals surface area contributed by atoms with Gasteiger partial charge in [-0.2, -0.15) is 0 Å². The van der Waals surface area contributed by atoms with Gasteiger partial charge in [0.05, 0.1) is 27.8 Å². The van der Waals surface area contributed by atoms with E-state index in [-0.39, 0.29) is 0 Å². The monoisotopic (exact) mass is 886 g/mol. The zero-order valence-electron chi connectivity index (χ0n) is 36.2. The third kappa shape index (κ3) is 5.12. The Morgan fingerprint density at radius 1 is 0.373 bits per heavy atom. The van der Waals surface area contributed by atoms with Crippen LogP contribution in [0.2, 0.25) is 0 Å². The highest BCUT2D eigenvalue weighted by molar-refractivity contribution is 7.99. The molecule has 1 aliphatic heterocycles. The Hall–Kier alpha value is -7.89. The Balaban J connectivity index is 0.991. The van der Waals surface area contributed by atoms with E-state index in [2.05, 4.69) is 240 Å². The van der Waals surface area contributed by atoms with Crippen LogP contribution in [0, 0.1) is 0 Å². The number of rotatable bonds is 4. The quantitative estimate of drug-likeness (QED) is 0.174. The number of anilines is 3. The van der Waals surface area contributed by atoms with Gasteiger partial charge in [-0.25, -0.2) is 0 Å². The summed E-state index contributed by atoms with van der Waals surface area (Å²) in [6, 6.07) is 86.5. The average molecular weight is 887 g/mol. The molecule has 0 fully saturated rings. The first kappa shape index (κ1) is 37.3. The van der Waals surface area contributed by atoms with Crippen LogP contribution < -0.4 is 4.90 Å². The molecule has 3 heterocycles. The molecular weight excluding hydrogens is 849 g/mol. The molecule has 2 aromatic heterocycles. The highest BCUT2D eigenvalue weighted by atomic mass is 32.2. The van der Waals surface area contributed by atoms with Gasteiger partial charge < -0.3 is 9.47 Å². The molecule has 11 aromatic carbocycles. The molecule has 67 heavy (non-hydrogen) atoms. The number of hydrogen-bond acceptors (Lipinski definition) is 3. The van der Waals surface area contributed by atoms with Gasteiger partial charge in [-0.05, 0) is 116 Å². The van der Waals surface area contributed by atoms with E-state index in [1.165, 1.54) is 112 Å². The van der Waals surface area contributed by atoms with E-state index in [0.717, 1.165) is 17.1 Å². The summed E-state index contributed by atoms with van der Waals surface area (Å²) < 4.78 is 5.10. The summed E-state index contributed by atoms with van der Waals surface area (Å²) in [4.78, 5) is 5.05. The molecule has 13 aromatic rings. The van der Waals surface area contributed by atoms with E-state index in [4.69, 9.17) is 0 Å². The molecule has 0 saturated heterocycles. The molecule has 0 N–H and O–H groups in total. The van der Waals surface area contributed by atoms with Gasteiger partial charge in [-0.1, -0.05) is 176 Å². The lowest BCUT2D eigenvalue weighted by molar-refractivity contribution is 0.707. The van der Waals surface area contributed by atoms with Gasteiger partial charge >= 0.3 is 0 Å². The number of nitrogens with zero attached hydrogens (tertiary/aromatic N) is 2. The highest BCUT2D eigenvalue weighted by Gasteiger charge is 2.48. The Labute approximate surface area is 395 Å². The second-order valence-corrected chi connectivity index (χ2v) is 20.1. The minimum absolute atomic E-state index is 0.512. The Kier molecular flexibility index (Phi) is 7.84. The number of para-hydroxylation sites is 1. The van der Waals surface area contributed by atoms with E-state index in [1.807, 2.05) is 23.1 Å². The van der Waals surface area contributed by atoms with Crippen molar-refractivity contribution in [2.75, 3.05) is 4.90 Å². The molecule has 2 nitrogen and oxygen atoms in total. The molecule has 15 rings (SSSR count). The fraction of sp³-hybridized carbons (Fsp3) is 0.0159. The zero-order valence-corrected chi connectivity index (χ0v) is 37.8. The van der Waals surface area contributed by atoms with Crippen molar-refractivity contribution in [2.24, 2.45) is 0 Å². The third-order valence-electron chi connectivity index (χ3n) is 14.6. The second kappa shape index (κ2) is 14.1. The van der Waals surface area contributed by atoms with E-state index in [1.54, 1.807) is 0 Å². The van der Waals surface area contributed by atoms with Gasteiger partial charge in [-0.3, -0.25) is 0 Å². The lowest BCUT2D eigenvalue weighted by atomic mass is 9.59. The summed E-state index contributed by atoms with van der Waals surface area (Å²) >= 11 is 3.77. The molecule has 1 unspecified atom stereocenters. The van der Waals surface area contributed by atoms with Gasteiger partial charge in [0, 0.05) is 57.5 Å². The normalized spacial score (nSPS) is 14.9. The van der Waals surface area contributed by atoms with Crippen LogP contribution in [0.5, 0.6) is 0 Å². The lowest BCUT2D eigenvalue weighted by Crippen LogP contribution is -2.36. The first-order chi connectivity index (χ1) is 33.2. The topological polar surface area (TPSA) is 8.17 Å². The number of fused-ring (bicyclic) bond motifs is 15. The molecule has 312 valence electrons. The van der Waals surface area contributed by atoms with E-state index < -0.39 is 5.41 Å². The minimum atomic E-state index is -0.512. The Bertz CT molecular complexity index is 4220. The van der Waals surface area contributed by atoms with Crippen LogP contribution in [0.3, 0.4) is 0 Å². The van der Waals surface area contributed by atoms with E-state index >= 15 is 0 Å². The summed E-state index contributed by atoms with van der Waals surface area (Å²) in [5.74, 6) is 0. The smallest absolute Gasteiger partial charge is 0.0735 e. The van der Waals surface area contributed by atoms with Crippen LogP contribution in [0.1, 0.15) is 22.3 Å². The predicted octanol–water partition coefficient (Wildman–Crippen LogP) is 17.8. The van der Waals surface area contributed by atoms with E-state index in [9.17, 15) is 0 Å². The van der Waals surface area contributed by atoms with Gasteiger partial charge in [0.15, 0.2) is 0 Å². The first-order valence-corrected chi connectivity index (χ1v) is 24.6. The molecule has 4 heteroatoms. The Morgan fingerprint density at radius 3 is 1.94 bits per heavy atom.